The average molecular weight is 316 g/mol. The van der Waals surface area contributed by atoms with E-state index in [-0.39, 0.29) is 6.54 Å². The van der Waals surface area contributed by atoms with Gasteiger partial charge in [0, 0.05) is 12.6 Å². The largest absolute Gasteiger partial charge is 0.496 e. The number of amides is 1. The second-order valence-electron chi connectivity index (χ2n) is 4.70. The first-order valence-corrected chi connectivity index (χ1v) is 6.80. The van der Waals surface area contributed by atoms with Gasteiger partial charge < -0.3 is 15.2 Å². The van der Waals surface area contributed by atoms with Gasteiger partial charge >= 0.3 is 5.97 Å². The fourth-order valence-electron chi connectivity index (χ4n) is 2.21. The van der Waals surface area contributed by atoms with Crippen molar-refractivity contribution in [3.63, 3.8) is 0 Å². The van der Waals surface area contributed by atoms with E-state index in [1.165, 1.54) is 26.3 Å². The highest BCUT2D eigenvalue weighted by molar-refractivity contribution is 5.88. The highest BCUT2D eigenvalue weighted by Gasteiger charge is 2.18. The quantitative estimate of drug-likeness (QED) is 0.856. The van der Waals surface area contributed by atoms with Crippen molar-refractivity contribution < 1.29 is 19.4 Å². The predicted octanol–water partition coefficient (Wildman–Crippen LogP) is 0.968. The van der Waals surface area contributed by atoms with Crippen LogP contribution in [0.1, 0.15) is 10.4 Å². The number of carbonyl (C=O) groups excluding carboxylic acids is 1. The third-order valence-corrected chi connectivity index (χ3v) is 3.37. The number of aromatic nitrogens is 1. The number of carbonyl (C=O) groups is 2. The number of benzene rings is 1. The number of carboxylic acids is 1. The van der Waals surface area contributed by atoms with Gasteiger partial charge in [-0.3, -0.25) is 14.2 Å². The molecule has 0 aliphatic rings. The lowest BCUT2D eigenvalue weighted by molar-refractivity contribution is -0.121. The minimum atomic E-state index is -1.34. The minimum absolute atomic E-state index is 0.288. The molecule has 0 atom stereocenters. The van der Waals surface area contributed by atoms with Crippen LogP contribution in [0, 0.1) is 0 Å². The molecule has 2 aromatic rings. The van der Waals surface area contributed by atoms with E-state index in [1.54, 1.807) is 24.3 Å². The van der Waals surface area contributed by atoms with E-state index in [4.69, 9.17) is 9.84 Å². The first kappa shape index (κ1) is 16.3. The van der Waals surface area contributed by atoms with E-state index in [9.17, 15) is 14.4 Å². The van der Waals surface area contributed by atoms with Crippen LogP contribution in [-0.2, 0) is 11.3 Å². The number of aromatic carboxylic acids is 1. The molecule has 120 valence electrons. The molecule has 0 spiro atoms. The second kappa shape index (κ2) is 6.78. The first-order chi connectivity index (χ1) is 11.0. The Morgan fingerprint density at radius 1 is 1.22 bits per heavy atom. The highest BCUT2D eigenvalue weighted by atomic mass is 16.5. The number of carboxylic acid groups (broad SMARTS) is 1. The van der Waals surface area contributed by atoms with E-state index in [2.05, 4.69) is 5.32 Å². The van der Waals surface area contributed by atoms with Crippen molar-refractivity contribution in [1.29, 1.82) is 0 Å². The normalized spacial score (nSPS) is 10.2. The van der Waals surface area contributed by atoms with Crippen LogP contribution < -0.4 is 15.6 Å². The molecule has 0 fully saturated rings. The van der Waals surface area contributed by atoms with E-state index in [0.717, 1.165) is 4.57 Å². The van der Waals surface area contributed by atoms with Crippen LogP contribution in [0.3, 0.4) is 0 Å². The van der Waals surface area contributed by atoms with Gasteiger partial charge in [-0.15, -0.1) is 0 Å². The van der Waals surface area contributed by atoms with Crippen molar-refractivity contribution in [1.82, 2.24) is 9.88 Å². The van der Waals surface area contributed by atoms with Gasteiger partial charge in [-0.2, -0.15) is 0 Å². The van der Waals surface area contributed by atoms with Crippen molar-refractivity contribution in [2.75, 3.05) is 14.2 Å². The number of para-hydroxylation sites is 1. The van der Waals surface area contributed by atoms with Gasteiger partial charge in [0.2, 0.25) is 5.91 Å². The molecule has 0 aliphatic heterocycles. The zero-order valence-electron chi connectivity index (χ0n) is 12.7. The van der Waals surface area contributed by atoms with Gasteiger partial charge in [0.25, 0.3) is 5.56 Å². The number of nitrogens with zero attached hydrogens (tertiary/aromatic N) is 1. The number of nitrogens with one attached hydrogen (secondary N) is 1. The summed E-state index contributed by atoms with van der Waals surface area (Å²) in [4.78, 5) is 35.3. The molecule has 1 heterocycles. The maximum atomic E-state index is 12.4. The molecule has 2 rings (SSSR count). The molecule has 1 amide bonds. The van der Waals surface area contributed by atoms with E-state index < -0.39 is 23.0 Å². The minimum Gasteiger partial charge on any atom is -0.496 e. The SMILES string of the molecule is CNC(=O)Cn1c(-c2ccccc2OC)ccc(C(=O)O)c1=O. The summed E-state index contributed by atoms with van der Waals surface area (Å²) in [7, 11) is 2.93. The number of hydrogen-bond donors (Lipinski definition) is 2. The van der Waals surface area contributed by atoms with Crippen LogP contribution in [-0.4, -0.2) is 35.7 Å². The third-order valence-electron chi connectivity index (χ3n) is 3.37. The summed E-state index contributed by atoms with van der Waals surface area (Å²) in [5.41, 5.74) is -0.147. The zero-order chi connectivity index (χ0) is 17.0. The molecular weight excluding hydrogens is 300 g/mol. The topological polar surface area (TPSA) is 97.6 Å². The van der Waals surface area contributed by atoms with Crippen molar-refractivity contribution in [3.8, 4) is 17.0 Å². The molecule has 23 heavy (non-hydrogen) atoms. The van der Waals surface area contributed by atoms with Gasteiger partial charge in [0.05, 0.1) is 12.8 Å². The van der Waals surface area contributed by atoms with Crippen molar-refractivity contribution in [2.24, 2.45) is 0 Å². The molecule has 7 heteroatoms. The maximum absolute atomic E-state index is 12.4. The third kappa shape index (κ3) is 3.23. The van der Waals surface area contributed by atoms with Crippen LogP contribution in [0.5, 0.6) is 5.75 Å². The van der Waals surface area contributed by atoms with Crippen LogP contribution >= 0.6 is 0 Å². The van der Waals surface area contributed by atoms with Crippen molar-refractivity contribution in [3.05, 3.63) is 52.3 Å². The number of rotatable bonds is 5. The van der Waals surface area contributed by atoms with Crippen LogP contribution in [0.4, 0.5) is 0 Å². The molecule has 2 N–H and O–H groups in total. The summed E-state index contributed by atoms with van der Waals surface area (Å²) in [6.45, 7) is -0.288. The number of methoxy groups -OCH3 is 1. The van der Waals surface area contributed by atoms with Crippen molar-refractivity contribution in [2.45, 2.75) is 6.54 Å². The number of likely N-dealkylation sites (N-methyl/N-ethyl adjacent to an activating group) is 1. The summed E-state index contributed by atoms with van der Waals surface area (Å²) in [5.74, 6) is -1.24. The molecule has 0 unspecified atom stereocenters. The Labute approximate surface area is 132 Å². The Morgan fingerprint density at radius 2 is 1.91 bits per heavy atom. The molecule has 1 aromatic carbocycles. The van der Waals surface area contributed by atoms with Crippen molar-refractivity contribution >= 4 is 11.9 Å². The summed E-state index contributed by atoms with van der Waals surface area (Å²) in [6.07, 6.45) is 0. The Kier molecular flexibility index (Phi) is 4.80. The summed E-state index contributed by atoms with van der Waals surface area (Å²) in [6, 6.07) is 9.70. The second-order valence-corrected chi connectivity index (χ2v) is 4.70. The Balaban J connectivity index is 2.72. The number of ether oxygens (including phenoxy) is 1. The Hall–Kier alpha value is -3.09. The average Bonchev–Trinajstić information content (AvgIpc) is 2.56. The molecule has 0 aliphatic carbocycles. The maximum Gasteiger partial charge on any atom is 0.341 e. The molecule has 1 aromatic heterocycles. The van der Waals surface area contributed by atoms with Gasteiger partial charge in [0.15, 0.2) is 0 Å². The molecular formula is C16H16N2O5. The number of pyridine rings is 1. The lowest BCUT2D eigenvalue weighted by Gasteiger charge is -2.15. The first-order valence-electron chi connectivity index (χ1n) is 6.80. The van der Waals surface area contributed by atoms with Gasteiger partial charge in [-0.1, -0.05) is 12.1 Å². The lowest BCUT2D eigenvalue weighted by Crippen LogP contribution is -2.33. The lowest BCUT2D eigenvalue weighted by atomic mass is 10.1. The van der Waals surface area contributed by atoms with Crippen LogP contribution in [0.25, 0.3) is 11.3 Å². The fraction of sp³-hybridized carbons (Fsp3) is 0.188. The molecule has 0 saturated carbocycles. The summed E-state index contributed by atoms with van der Waals surface area (Å²) in [5, 5.41) is 11.5. The van der Waals surface area contributed by atoms with Gasteiger partial charge in [-0.25, -0.2) is 4.79 Å². The smallest absolute Gasteiger partial charge is 0.341 e. The predicted molar refractivity (Wildman–Crippen MR) is 83.7 cm³/mol. The zero-order valence-corrected chi connectivity index (χ0v) is 12.7. The summed E-state index contributed by atoms with van der Waals surface area (Å²) >= 11 is 0. The Morgan fingerprint density at radius 3 is 2.52 bits per heavy atom. The fourth-order valence-corrected chi connectivity index (χ4v) is 2.21. The summed E-state index contributed by atoms with van der Waals surface area (Å²) < 4.78 is 6.40. The van der Waals surface area contributed by atoms with E-state index in [1.807, 2.05) is 0 Å². The molecule has 0 saturated heterocycles. The standard InChI is InChI=1S/C16H16N2O5/c1-17-14(19)9-18-12(8-7-11(15(18)20)16(21)22)10-5-3-4-6-13(10)23-2/h3-8H,9H2,1-2H3,(H,17,19)(H,21,22). The van der Waals surface area contributed by atoms with Gasteiger partial charge in [-0.05, 0) is 24.3 Å². The van der Waals surface area contributed by atoms with E-state index in [0.29, 0.717) is 17.0 Å². The van der Waals surface area contributed by atoms with Crippen LogP contribution in [0.2, 0.25) is 0 Å². The highest BCUT2D eigenvalue weighted by Crippen LogP contribution is 2.28. The Bertz CT molecular complexity index is 810. The van der Waals surface area contributed by atoms with Crippen LogP contribution in [0.15, 0.2) is 41.2 Å². The van der Waals surface area contributed by atoms with E-state index >= 15 is 0 Å². The number of hydrogen-bond acceptors (Lipinski definition) is 4. The molecule has 0 bridgehead atoms. The van der Waals surface area contributed by atoms with Gasteiger partial charge in [0.1, 0.15) is 17.9 Å². The monoisotopic (exact) mass is 316 g/mol. The molecule has 0 radical (unpaired) electrons. The molecule has 7 nitrogen and oxygen atoms in total.